The molecular formula is C23H20N2O4. The average Bonchev–Trinajstić information content (AvgIpc) is 3.21. The van der Waals surface area contributed by atoms with Gasteiger partial charge in [-0.25, -0.2) is 0 Å². The van der Waals surface area contributed by atoms with Gasteiger partial charge in [-0.3, -0.25) is 9.78 Å². The third kappa shape index (κ3) is 3.49. The molecular weight excluding hydrogens is 368 g/mol. The number of amides is 1. The van der Waals surface area contributed by atoms with E-state index in [9.17, 15) is 4.79 Å². The maximum absolute atomic E-state index is 12.6. The number of hydrogen-bond donors (Lipinski definition) is 1. The van der Waals surface area contributed by atoms with Gasteiger partial charge in [0.05, 0.1) is 6.54 Å². The van der Waals surface area contributed by atoms with Crippen molar-refractivity contribution in [3.63, 3.8) is 0 Å². The normalized spacial score (nSPS) is 16.6. The Labute approximate surface area is 168 Å². The first-order valence-electron chi connectivity index (χ1n) is 9.65. The maximum Gasteiger partial charge on any atom is 0.251 e. The number of carbonyl (C=O) groups excluding carboxylic acids is 1. The van der Waals surface area contributed by atoms with Crippen molar-refractivity contribution in [2.24, 2.45) is 0 Å². The molecule has 2 aliphatic heterocycles. The topological polar surface area (TPSA) is 69.7 Å². The standard InChI is InChI=1S/C23H20N2O4/c26-23(17-4-5-20-21(13-17)28-11-10-27-20)25-14-18-12-16-2-1-3-19(22(16)29-18)15-6-8-24-9-7-15/h1-9,13,18H,10-12,14H2,(H,25,26). The molecule has 1 N–H and O–H groups in total. The molecule has 6 nitrogen and oxygen atoms in total. The Morgan fingerprint density at radius 2 is 1.86 bits per heavy atom. The molecule has 0 saturated heterocycles. The van der Waals surface area contributed by atoms with Crippen LogP contribution in [0.3, 0.4) is 0 Å². The van der Waals surface area contributed by atoms with Crippen molar-refractivity contribution >= 4 is 5.91 Å². The molecule has 1 unspecified atom stereocenters. The van der Waals surface area contributed by atoms with Gasteiger partial charge in [-0.2, -0.15) is 0 Å². The molecule has 146 valence electrons. The third-order valence-corrected chi connectivity index (χ3v) is 5.11. The van der Waals surface area contributed by atoms with Gasteiger partial charge in [0.1, 0.15) is 25.1 Å². The number of carbonyl (C=O) groups is 1. The van der Waals surface area contributed by atoms with E-state index in [2.05, 4.69) is 16.4 Å². The Morgan fingerprint density at radius 1 is 1.03 bits per heavy atom. The van der Waals surface area contributed by atoms with Gasteiger partial charge in [0.15, 0.2) is 11.5 Å². The molecule has 2 aromatic carbocycles. The van der Waals surface area contributed by atoms with Crippen LogP contribution in [-0.2, 0) is 6.42 Å². The minimum absolute atomic E-state index is 0.103. The number of para-hydroxylation sites is 1. The van der Waals surface area contributed by atoms with Crippen LogP contribution < -0.4 is 19.5 Å². The summed E-state index contributed by atoms with van der Waals surface area (Å²) in [5.74, 6) is 2.01. The number of ether oxygens (including phenoxy) is 3. The van der Waals surface area contributed by atoms with E-state index in [1.165, 1.54) is 0 Å². The maximum atomic E-state index is 12.6. The second-order valence-electron chi connectivity index (χ2n) is 7.04. The fourth-order valence-electron chi connectivity index (χ4n) is 3.70. The van der Waals surface area contributed by atoms with Crippen molar-refractivity contribution in [2.75, 3.05) is 19.8 Å². The largest absolute Gasteiger partial charge is 0.487 e. The zero-order valence-corrected chi connectivity index (χ0v) is 15.8. The van der Waals surface area contributed by atoms with Gasteiger partial charge in [0.25, 0.3) is 5.91 Å². The van der Waals surface area contributed by atoms with Gasteiger partial charge in [-0.05, 0) is 41.5 Å². The van der Waals surface area contributed by atoms with Crippen LogP contribution in [0.1, 0.15) is 15.9 Å². The molecule has 1 aromatic heterocycles. The summed E-state index contributed by atoms with van der Waals surface area (Å²) in [6.45, 7) is 1.45. The molecule has 0 aliphatic carbocycles. The summed E-state index contributed by atoms with van der Waals surface area (Å²) in [6.07, 6.45) is 4.20. The monoisotopic (exact) mass is 388 g/mol. The summed E-state index contributed by atoms with van der Waals surface area (Å²) in [5, 5.41) is 2.97. The highest BCUT2D eigenvalue weighted by atomic mass is 16.6. The molecule has 0 radical (unpaired) electrons. The molecule has 3 aromatic rings. The predicted octanol–water partition coefficient (Wildman–Crippen LogP) is 3.25. The molecule has 6 heteroatoms. The Balaban J connectivity index is 1.26. The van der Waals surface area contributed by atoms with Gasteiger partial charge in [-0.15, -0.1) is 0 Å². The fourth-order valence-corrected chi connectivity index (χ4v) is 3.70. The number of fused-ring (bicyclic) bond motifs is 2. The second kappa shape index (κ2) is 7.47. The van der Waals surface area contributed by atoms with Crippen molar-refractivity contribution < 1.29 is 19.0 Å². The quantitative estimate of drug-likeness (QED) is 0.743. The summed E-state index contributed by atoms with van der Waals surface area (Å²) in [5.41, 5.74) is 3.81. The molecule has 1 amide bonds. The highest BCUT2D eigenvalue weighted by molar-refractivity contribution is 5.95. The minimum Gasteiger partial charge on any atom is -0.487 e. The van der Waals surface area contributed by atoms with E-state index in [0.717, 1.165) is 28.9 Å². The van der Waals surface area contributed by atoms with Crippen LogP contribution in [0.15, 0.2) is 60.9 Å². The van der Waals surface area contributed by atoms with Crippen LogP contribution in [0, 0.1) is 0 Å². The van der Waals surface area contributed by atoms with Gasteiger partial charge < -0.3 is 19.5 Å². The molecule has 29 heavy (non-hydrogen) atoms. The summed E-state index contributed by atoms with van der Waals surface area (Å²) in [6, 6.07) is 15.3. The summed E-state index contributed by atoms with van der Waals surface area (Å²) in [4.78, 5) is 16.7. The third-order valence-electron chi connectivity index (χ3n) is 5.11. The van der Waals surface area contributed by atoms with Crippen LogP contribution in [0.2, 0.25) is 0 Å². The lowest BCUT2D eigenvalue weighted by Crippen LogP contribution is -2.34. The lowest BCUT2D eigenvalue weighted by molar-refractivity contribution is 0.0932. The number of benzene rings is 2. The van der Waals surface area contributed by atoms with Gasteiger partial charge in [-0.1, -0.05) is 18.2 Å². The molecule has 0 spiro atoms. The van der Waals surface area contributed by atoms with E-state index < -0.39 is 0 Å². The first kappa shape index (κ1) is 17.6. The molecule has 5 rings (SSSR count). The van der Waals surface area contributed by atoms with E-state index in [-0.39, 0.29) is 12.0 Å². The van der Waals surface area contributed by atoms with Crippen LogP contribution in [0.4, 0.5) is 0 Å². The van der Waals surface area contributed by atoms with E-state index in [0.29, 0.717) is 36.8 Å². The highest BCUT2D eigenvalue weighted by Crippen LogP contribution is 2.38. The summed E-state index contributed by atoms with van der Waals surface area (Å²) >= 11 is 0. The molecule has 3 heterocycles. The van der Waals surface area contributed by atoms with E-state index in [1.54, 1.807) is 30.6 Å². The highest BCUT2D eigenvalue weighted by Gasteiger charge is 2.26. The lowest BCUT2D eigenvalue weighted by Gasteiger charge is -2.19. The first-order chi connectivity index (χ1) is 14.3. The SMILES string of the molecule is O=C(NCC1Cc2cccc(-c3ccncc3)c2O1)c1ccc2c(c1)OCCO2. The smallest absolute Gasteiger partial charge is 0.251 e. The minimum atomic E-state index is -0.157. The van der Waals surface area contributed by atoms with Gasteiger partial charge >= 0.3 is 0 Å². The second-order valence-corrected chi connectivity index (χ2v) is 7.04. The lowest BCUT2D eigenvalue weighted by atomic mass is 10.0. The van der Waals surface area contributed by atoms with Gasteiger partial charge in [0, 0.05) is 29.9 Å². The molecule has 0 bridgehead atoms. The predicted molar refractivity (Wildman–Crippen MR) is 108 cm³/mol. The molecule has 0 fully saturated rings. The van der Waals surface area contributed by atoms with Crippen molar-refractivity contribution in [3.05, 3.63) is 72.1 Å². The zero-order chi connectivity index (χ0) is 19.6. The number of nitrogens with zero attached hydrogens (tertiary/aromatic N) is 1. The Morgan fingerprint density at radius 3 is 2.72 bits per heavy atom. The van der Waals surface area contributed by atoms with Crippen LogP contribution in [-0.4, -0.2) is 36.8 Å². The molecule has 1 atom stereocenters. The Bertz CT molecular complexity index is 1050. The average molecular weight is 388 g/mol. The van der Waals surface area contributed by atoms with Crippen LogP contribution in [0.25, 0.3) is 11.1 Å². The van der Waals surface area contributed by atoms with Crippen LogP contribution >= 0.6 is 0 Å². The van der Waals surface area contributed by atoms with Crippen molar-refractivity contribution in [1.29, 1.82) is 0 Å². The van der Waals surface area contributed by atoms with Crippen molar-refractivity contribution in [2.45, 2.75) is 12.5 Å². The number of nitrogens with one attached hydrogen (secondary N) is 1. The Kier molecular flexibility index (Phi) is 4.52. The Hall–Kier alpha value is -3.54. The fraction of sp³-hybridized carbons (Fsp3) is 0.217. The van der Waals surface area contributed by atoms with Crippen molar-refractivity contribution in [1.82, 2.24) is 10.3 Å². The van der Waals surface area contributed by atoms with Gasteiger partial charge in [0.2, 0.25) is 0 Å². The first-order valence-corrected chi connectivity index (χ1v) is 9.65. The number of pyridine rings is 1. The van der Waals surface area contributed by atoms with E-state index >= 15 is 0 Å². The van der Waals surface area contributed by atoms with E-state index in [1.807, 2.05) is 24.3 Å². The molecule has 0 saturated carbocycles. The number of hydrogen-bond acceptors (Lipinski definition) is 5. The van der Waals surface area contributed by atoms with Crippen molar-refractivity contribution in [3.8, 4) is 28.4 Å². The van der Waals surface area contributed by atoms with Crippen LogP contribution in [0.5, 0.6) is 17.2 Å². The summed E-state index contributed by atoms with van der Waals surface area (Å²) in [7, 11) is 0. The number of aromatic nitrogens is 1. The van der Waals surface area contributed by atoms with E-state index in [4.69, 9.17) is 14.2 Å². The molecule has 2 aliphatic rings. The number of rotatable bonds is 4. The zero-order valence-electron chi connectivity index (χ0n) is 15.8. The summed E-state index contributed by atoms with van der Waals surface area (Å²) < 4.78 is 17.2.